The number of anilines is 1. The van der Waals surface area contributed by atoms with Crippen LogP contribution in [0.4, 0.5) is 5.13 Å². The van der Waals surface area contributed by atoms with Gasteiger partial charge in [0.15, 0.2) is 5.13 Å². The van der Waals surface area contributed by atoms with Crippen molar-refractivity contribution < 1.29 is 9.59 Å². The molecule has 6 heteroatoms. The molecule has 98 valence electrons. The number of amides is 2. The highest BCUT2D eigenvalue weighted by molar-refractivity contribution is 7.15. The average Bonchev–Trinajstić information content (AvgIpc) is 2.76. The lowest BCUT2D eigenvalue weighted by molar-refractivity contribution is -0.129. The molecule has 1 aromatic heterocycles. The van der Waals surface area contributed by atoms with Gasteiger partial charge >= 0.3 is 0 Å². The van der Waals surface area contributed by atoms with Gasteiger partial charge in [-0.2, -0.15) is 0 Å². The minimum Gasteiger partial charge on any atom is -0.343 e. The van der Waals surface area contributed by atoms with Crippen LogP contribution >= 0.6 is 11.3 Å². The van der Waals surface area contributed by atoms with Crippen molar-refractivity contribution in [2.24, 2.45) is 0 Å². The van der Waals surface area contributed by atoms with Crippen LogP contribution in [0.3, 0.4) is 0 Å². The third kappa shape index (κ3) is 3.07. The average molecular weight is 267 g/mol. The van der Waals surface area contributed by atoms with Crippen LogP contribution in [0.1, 0.15) is 37.5 Å². The number of likely N-dealkylation sites (tertiary alicyclic amines) is 1. The molecule has 18 heavy (non-hydrogen) atoms. The van der Waals surface area contributed by atoms with Crippen molar-refractivity contribution in [1.29, 1.82) is 0 Å². The van der Waals surface area contributed by atoms with Gasteiger partial charge in [-0.05, 0) is 18.8 Å². The van der Waals surface area contributed by atoms with Crippen molar-refractivity contribution in [1.82, 2.24) is 9.88 Å². The molecular formula is C12H17N3O2S. The molecule has 5 nitrogen and oxygen atoms in total. The highest BCUT2D eigenvalue weighted by Crippen LogP contribution is 2.33. The van der Waals surface area contributed by atoms with Gasteiger partial charge in [-0.25, -0.2) is 4.98 Å². The Morgan fingerprint density at radius 3 is 2.61 bits per heavy atom. The first-order chi connectivity index (χ1) is 8.56. The van der Waals surface area contributed by atoms with Crippen LogP contribution in [0.25, 0.3) is 0 Å². The highest BCUT2D eigenvalue weighted by atomic mass is 32.1. The van der Waals surface area contributed by atoms with Crippen molar-refractivity contribution in [2.45, 2.75) is 32.6 Å². The number of piperidine rings is 1. The van der Waals surface area contributed by atoms with Crippen molar-refractivity contribution in [2.75, 3.05) is 18.4 Å². The molecule has 0 spiro atoms. The number of rotatable bonds is 2. The molecular weight excluding hydrogens is 250 g/mol. The molecule has 0 bridgehead atoms. The van der Waals surface area contributed by atoms with Gasteiger partial charge in [0.1, 0.15) is 0 Å². The van der Waals surface area contributed by atoms with E-state index in [0.717, 1.165) is 25.9 Å². The van der Waals surface area contributed by atoms with Gasteiger partial charge in [0.2, 0.25) is 11.8 Å². The van der Waals surface area contributed by atoms with E-state index >= 15 is 0 Å². The Hall–Kier alpha value is -1.43. The second-order valence-corrected chi connectivity index (χ2v) is 5.59. The summed E-state index contributed by atoms with van der Waals surface area (Å²) < 4.78 is 0. The third-order valence-electron chi connectivity index (χ3n) is 3.15. The van der Waals surface area contributed by atoms with Gasteiger partial charge in [-0.3, -0.25) is 9.59 Å². The summed E-state index contributed by atoms with van der Waals surface area (Å²) in [5, 5.41) is 3.35. The smallest absolute Gasteiger partial charge is 0.223 e. The zero-order valence-electron chi connectivity index (χ0n) is 10.6. The molecule has 1 aromatic rings. The van der Waals surface area contributed by atoms with Gasteiger partial charge in [0.05, 0.1) is 0 Å². The number of thiazole rings is 1. The molecule has 0 unspecified atom stereocenters. The molecule has 0 aromatic carbocycles. The van der Waals surface area contributed by atoms with Crippen LogP contribution in [-0.4, -0.2) is 34.8 Å². The first-order valence-corrected chi connectivity index (χ1v) is 6.86. The molecule has 1 fully saturated rings. The summed E-state index contributed by atoms with van der Waals surface area (Å²) in [6.45, 7) is 4.72. The molecule has 0 saturated carbocycles. The fourth-order valence-corrected chi connectivity index (χ4v) is 3.19. The number of carbonyl (C=O) groups is 2. The summed E-state index contributed by atoms with van der Waals surface area (Å²) in [5.74, 6) is 0.514. The first kappa shape index (κ1) is 13.0. The zero-order valence-corrected chi connectivity index (χ0v) is 11.4. The molecule has 2 rings (SSSR count). The number of nitrogens with one attached hydrogen (secondary N) is 1. The predicted molar refractivity (Wildman–Crippen MR) is 70.6 cm³/mol. The summed E-state index contributed by atoms with van der Waals surface area (Å²) in [5.41, 5.74) is 0. The van der Waals surface area contributed by atoms with Crippen LogP contribution in [0.15, 0.2) is 6.20 Å². The highest BCUT2D eigenvalue weighted by Gasteiger charge is 2.23. The number of hydrogen-bond donors (Lipinski definition) is 1. The van der Waals surface area contributed by atoms with Gasteiger partial charge < -0.3 is 10.2 Å². The zero-order chi connectivity index (χ0) is 13.1. The maximum atomic E-state index is 11.2. The molecule has 1 aliphatic heterocycles. The van der Waals surface area contributed by atoms with E-state index in [1.54, 1.807) is 6.92 Å². The molecule has 2 amide bonds. The van der Waals surface area contributed by atoms with E-state index in [4.69, 9.17) is 0 Å². The number of aromatic nitrogens is 1. The standard InChI is InChI=1S/C12H17N3O2S/c1-8(16)14-12-13-7-11(18-12)10-3-5-15(6-4-10)9(2)17/h7,10H,3-6H2,1-2H3,(H,13,14,16). The normalized spacial score (nSPS) is 16.7. The molecule has 1 saturated heterocycles. The summed E-state index contributed by atoms with van der Waals surface area (Å²) in [7, 11) is 0. The van der Waals surface area contributed by atoms with Gasteiger partial charge in [-0.15, -0.1) is 11.3 Å². The van der Waals surface area contributed by atoms with Crippen molar-refractivity contribution in [3.63, 3.8) is 0 Å². The fraction of sp³-hybridized carbons (Fsp3) is 0.583. The molecule has 1 aliphatic rings. The minimum absolute atomic E-state index is 0.0951. The van der Waals surface area contributed by atoms with Crippen LogP contribution in [0.5, 0.6) is 0 Å². The summed E-state index contributed by atoms with van der Waals surface area (Å²) in [6.07, 6.45) is 3.78. The van der Waals surface area contributed by atoms with Gasteiger partial charge in [-0.1, -0.05) is 0 Å². The Morgan fingerprint density at radius 1 is 1.39 bits per heavy atom. The number of carbonyl (C=O) groups excluding carboxylic acids is 2. The lowest BCUT2D eigenvalue weighted by atomic mass is 9.96. The minimum atomic E-state index is -0.0951. The van der Waals surface area contributed by atoms with E-state index < -0.39 is 0 Å². The SMILES string of the molecule is CC(=O)Nc1ncc(C2CCN(C(C)=O)CC2)s1. The van der Waals surface area contributed by atoms with E-state index in [-0.39, 0.29) is 11.8 Å². The van der Waals surface area contributed by atoms with E-state index in [1.165, 1.54) is 23.1 Å². The third-order valence-corrected chi connectivity index (χ3v) is 4.22. The quantitative estimate of drug-likeness (QED) is 0.889. The molecule has 2 heterocycles. The van der Waals surface area contributed by atoms with E-state index in [2.05, 4.69) is 10.3 Å². The lowest BCUT2D eigenvalue weighted by Crippen LogP contribution is -2.36. The second kappa shape index (κ2) is 5.48. The predicted octanol–water partition coefficient (Wildman–Crippen LogP) is 1.83. The van der Waals surface area contributed by atoms with Crippen LogP contribution in [0.2, 0.25) is 0 Å². The monoisotopic (exact) mass is 267 g/mol. The first-order valence-electron chi connectivity index (χ1n) is 6.05. The molecule has 0 atom stereocenters. The summed E-state index contributed by atoms with van der Waals surface area (Å²) in [4.78, 5) is 29.4. The number of nitrogens with zero attached hydrogens (tertiary/aromatic N) is 2. The van der Waals surface area contributed by atoms with Crippen molar-refractivity contribution in [3.8, 4) is 0 Å². The Balaban J connectivity index is 1.95. The van der Waals surface area contributed by atoms with E-state index in [0.29, 0.717) is 11.0 Å². The summed E-state index contributed by atoms with van der Waals surface area (Å²) in [6, 6.07) is 0. The maximum Gasteiger partial charge on any atom is 0.223 e. The van der Waals surface area contributed by atoms with E-state index in [1.807, 2.05) is 11.1 Å². The Labute approximate surface area is 110 Å². The Bertz CT molecular complexity index is 450. The maximum absolute atomic E-state index is 11.2. The van der Waals surface area contributed by atoms with Gasteiger partial charge in [0.25, 0.3) is 0 Å². The molecule has 1 N–H and O–H groups in total. The lowest BCUT2D eigenvalue weighted by Gasteiger charge is -2.30. The van der Waals surface area contributed by atoms with Crippen LogP contribution in [0, 0.1) is 0 Å². The second-order valence-electron chi connectivity index (χ2n) is 4.53. The van der Waals surface area contributed by atoms with E-state index in [9.17, 15) is 9.59 Å². The fourth-order valence-electron chi connectivity index (χ4n) is 2.16. The topological polar surface area (TPSA) is 62.3 Å². The van der Waals surface area contributed by atoms with Crippen molar-refractivity contribution in [3.05, 3.63) is 11.1 Å². The molecule has 0 aliphatic carbocycles. The van der Waals surface area contributed by atoms with Crippen LogP contribution < -0.4 is 5.32 Å². The Kier molecular flexibility index (Phi) is 3.96. The number of hydrogen-bond acceptors (Lipinski definition) is 4. The van der Waals surface area contributed by atoms with Crippen LogP contribution in [-0.2, 0) is 9.59 Å². The van der Waals surface area contributed by atoms with Gasteiger partial charge in [0, 0.05) is 38.0 Å². The molecule has 0 radical (unpaired) electrons. The van der Waals surface area contributed by atoms with Crippen molar-refractivity contribution >= 4 is 28.3 Å². The summed E-state index contributed by atoms with van der Waals surface area (Å²) >= 11 is 1.53. The Morgan fingerprint density at radius 2 is 2.06 bits per heavy atom. The largest absolute Gasteiger partial charge is 0.343 e.